The molecule has 0 radical (unpaired) electrons. The molecule has 1 aliphatic heterocycles. The van der Waals surface area contributed by atoms with E-state index in [2.05, 4.69) is 4.98 Å². The van der Waals surface area contributed by atoms with Crippen LogP contribution in [0.15, 0.2) is 24.3 Å². The van der Waals surface area contributed by atoms with Crippen molar-refractivity contribution in [2.24, 2.45) is 17.4 Å². The van der Waals surface area contributed by atoms with Gasteiger partial charge in [0.1, 0.15) is 34.9 Å². The fourth-order valence-corrected chi connectivity index (χ4v) is 3.87. The molecule has 148 valence electrons. The third-order valence-electron chi connectivity index (χ3n) is 5.81. The minimum atomic E-state index is -1.37. The van der Waals surface area contributed by atoms with E-state index in [1.54, 1.807) is 19.1 Å². The number of amides is 1. The smallest absolute Gasteiger partial charge is 0.231 e. The summed E-state index contributed by atoms with van der Waals surface area (Å²) < 4.78 is 20.4. The zero-order chi connectivity index (χ0) is 20.3. The van der Waals surface area contributed by atoms with Crippen molar-refractivity contribution >= 4 is 17.5 Å². The molecule has 1 amide bonds. The summed E-state index contributed by atoms with van der Waals surface area (Å²) in [6.07, 6.45) is 1.64. The van der Waals surface area contributed by atoms with Gasteiger partial charge in [-0.3, -0.25) is 4.79 Å². The molecule has 1 aliphatic carbocycles. The summed E-state index contributed by atoms with van der Waals surface area (Å²) in [5.41, 5.74) is 10.1. The fourth-order valence-electron chi connectivity index (χ4n) is 3.71. The van der Waals surface area contributed by atoms with Crippen molar-refractivity contribution < 1.29 is 19.0 Å². The van der Waals surface area contributed by atoms with Gasteiger partial charge >= 0.3 is 0 Å². The Balaban J connectivity index is 1.99. The molecule has 28 heavy (non-hydrogen) atoms. The summed E-state index contributed by atoms with van der Waals surface area (Å²) in [5, 5.41) is 11.4. The lowest BCUT2D eigenvalue weighted by Crippen LogP contribution is -2.41. The average Bonchev–Trinajstić information content (AvgIpc) is 3.45. The van der Waals surface area contributed by atoms with E-state index in [0.717, 1.165) is 12.8 Å². The van der Waals surface area contributed by atoms with Crippen molar-refractivity contribution in [1.82, 2.24) is 4.98 Å². The van der Waals surface area contributed by atoms with E-state index >= 15 is 0 Å². The molecule has 0 bridgehead atoms. The Morgan fingerprint density at radius 2 is 2.18 bits per heavy atom. The maximum atomic E-state index is 14.7. The summed E-state index contributed by atoms with van der Waals surface area (Å²) in [7, 11) is 0. The summed E-state index contributed by atoms with van der Waals surface area (Å²) in [6.45, 7) is 1.63. The van der Waals surface area contributed by atoms with Gasteiger partial charge in [-0.1, -0.05) is 11.6 Å². The Labute approximate surface area is 166 Å². The van der Waals surface area contributed by atoms with Gasteiger partial charge in [0.15, 0.2) is 0 Å². The number of carbonyl (C=O) groups is 1. The number of hydrogen-bond donors (Lipinski definition) is 3. The van der Waals surface area contributed by atoms with E-state index in [4.69, 9.17) is 27.8 Å². The molecule has 2 aliphatic rings. The highest BCUT2D eigenvalue weighted by Gasteiger charge is 2.49. The zero-order valence-corrected chi connectivity index (χ0v) is 16.1. The summed E-state index contributed by atoms with van der Waals surface area (Å²) in [6, 6.07) is 5.83. The van der Waals surface area contributed by atoms with Crippen molar-refractivity contribution in [1.29, 1.82) is 0 Å². The Bertz CT molecular complexity index is 981. The molecule has 2 heterocycles. The Kier molecular flexibility index (Phi) is 4.37. The quantitative estimate of drug-likeness (QED) is 0.706. The second-order valence-corrected chi connectivity index (χ2v) is 8.18. The van der Waals surface area contributed by atoms with E-state index in [1.165, 1.54) is 12.1 Å². The number of halogens is 2. The summed E-state index contributed by atoms with van der Waals surface area (Å²) in [5.74, 6) is -0.915. The number of pyridine rings is 1. The molecule has 4 rings (SSSR count). The lowest BCUT2D eigenvalue weighted by Gasteiger charge is -2.28. The maximum Gasteiger partial charge on any atom is 0.231 e. The number of nitrogens with two attached hydrogens (primary N) is 2. The van der Waals surface area contributed by atoms with Crippen LogP contribution in [0.3, 0.4) is 0 Å². The van der Waals surface area contributed by atoms with Gasteiger partial charge < -0.3 is 21.3 Å². The second-order valence-electron chi connectivity index (χ2n) is 7.74. The largest absolute Gasteiger partial charge is 0.489 e. The van der Waals surface area contributed by atoms with Gasteiger partial charge in [0.05, 0.1) is 5.69 Å². The number of carbonyl (C=O) groups excluding carboxylic acids is 1. The third kappa shape index (κ3) is 2.77. The predicted molar refractivity (Wildman–Crippen MR) is 102 cm³/mol. The summed E-state index contributed by atoms with van der Waals surface area (Å²) >= 11 is 5.88. The number of benzene rings is 1. The zero-order valence-electron chi connectivity index (χ0n) is 15.3. The van der Waals surface area contributed by atoms with Gasteiger partial charge in [-0.25, -0.2) is 9.37 Å². The van der Waals surface area contributed by atoms with Gasteiger partial charge in [-0.05, 0) is 49.9 Å². The predicted octanol–water partition coefficient (Wildman–Crippen LogP) is 2.23. The number of rotatable bonds is 5. The number of aliphatic hydroxyl groups is 1. The van der Waals surface area contributed by atoms with Crippen molar-refractivity contribution in [2.45, 2.75) is 30.8 Å². The van der Waals surface area contributed by atoms with Crippen LogP contribution in [0.2, 0.25) is 5.02 Å². The monoisotopic (exact) mass is 405 g/mol. The normalized spacial score (nSPS) is 23.0. The highest BCUT2D eigenvalue weighted by molar-refractivity contribution is 6.30. The van der Waals surface area contributed by atoms with Crippen molar-refractivity contribution in [3.63, 3.8) is 0 Å². The lowest BCUT2D eigenvalue weighted by atomic mass is 9.81. The first-order valence-corrected chi connectivity index (χ1v) is 9.45. The van der Waals surface area contributed by atoms with Crippen LogP contribution >= 0.6 is 11.6 Å². The number of primary amides is 1. The number of ether oxygens (including phenoxy) is 1. The molecule has 1 saturated carbocycles. The molecular weight excluding hydrogens is 385 g/mol. The van der Waals surface area contributed by atoms with Gasteiger partial charge in [0.25, 0.3) is 0 Å². The van der Waals surface area contributed by atoms with Crippen LogP contribution in [0.1, 0.15) is 31.0 Å². The van der Waals surface area contributed by atoms with E-state index in [0.29, 0.717) is 11.3 Å². The second kappa shape index (κ2) is 6.40. The van der Waals surface area contributed by atoms with E-state index < -0.39 is 22.7 Å². The van der Waals surface area contributed by atoms with Crippen LogP contribution in [-0.2, 0) is 15.8 Å². The minimum Gasteiger partial charge on any atom is -0.489 e. The molecule has 1 fully saturated rings. The number of fused-ring (bicyclic) bond motifs is 1. The molecule has 0 spiro atoms. The standard InChI is InChI=1S/C20H21ClFN3O3/c1-19(18(24)26)9-28-17-13(19)7-15(20(27,8-23)10-2-3-10)25-16(17)12-5-4-11(21)6-14(12)22/h4-7,10,27H,2-3,8-9,23H2,1H3,(H2,24,26)/t19-,20?/m0/s1. The highest BCUT2D eigenvalue weighted by atomic mass is 35.5. The van der Waals surface area contributed by atoms with Crippen molar-refractivity contribution in [3.05, 3.63) is 46.4 Å². The Morgan fingerprint density at radius 1 is 1.46 bits per heavy atom. The van der Waals surface area contributed by atoms with Gasteiger partial charge in [-0.2, -0.15) is 0 Å². The first-order valence-electron chi connectivity index (χ1n) is 9.07. The summed E-state index contributed by atoms with van der Waals surface area (Å²) in [4.78, 5) is 16.7. The van der Waals surface area contributed by atoms with Crippen LogP contribution in [0.25, 0.3) is 11.3 Å². The molecule has 2 aromatic rings. The molecule has 2 atom stereocenters. The molecule has 8 heteroatoms. The number of aromatic nitrogens is 1. The van der Waals surface area contributed by atoms with Gasteiger partial charge in [-0.15, -0.1) is 0 Å². The molecule has 1 aromatic heterocycles. The molecule has 0 saturated heterocycles. The highest BCUT2D eigenvalue weighted by Crippen LogP contribution is 2.49. The van der Waals surface area contributed by atoms with E-state index in [9.17, 15) is 14.3 Å². The van der Waals surface area contributed by atoms with Crippen molar-refractivity contribution in [2.75, 3.05) is 13.2 Å². The van der Waals surface area contributed by atoms with Crippen LogP contribution in [0.4, 0.5) is 4.39 Å². The minimum absolute atomic E-state index is 0.00942. The first-order chi connectivity index (χ1) is 13.2. The molecule has 1 aromatic carbocycles. The fraction of sp³-hybridized carbons (Fsp3) is 0.400. The van der Waals surface area contributed by atoms with Crippen LogP contribution in [0, 0.1) is 11.7 Å². The SMILES string of the molecule is C[C@]1(C(N)=O)COc2c1cc(C(O)(CN)C1CC1)nc2-c1ccc(Cl)cc1F. The first kappa shape index (κ1) is 19.1. The van der Waals surface area contributed by atoms with E-state index in [-0.39, 0.29) is 41.1 Å². The van der Waals surface area contributed by atoms with Crippen LogP contribution in [-0.4, -0.2) is 29.1 Å². The van der Waals surface area contributed by atoms with Crippen LogP contribution < -0.4 is 16.2 Å². The molecule has 6 nitrogen and oxygen atoms in total. The topological polar surface area (TPSA) is 111 Å². The lowest BCUT2D eigenvalue weighted by molar-refractivity contribution is -0.123. The molecular formula is C20H21ClFN3O3. The van der Waals surface area contributed by atoms with Crippen molar-refractivity contribution in [3.8, 4) is 17.0 Å². The Hall–Kier alpha value is -2.22. The number of hydrogen-bond acceptors (Lipinski definition) is 5. The van der Waals surface area contributed by atoms with Crippen LogP contribution in [0.5, 0.6) is 5.75 Å². The average molecular weight is 406 g/mol. The van der Waals surface area contributed by atoms with Gasteiger partial charge in [0.2, 0.25) is 5.91 Å². The van der Waals surface area contributed by atoms with Gasteiger partial charge in [0, 0.05) is 22.7 Å². The molecule has 1 unspecified atom stereocenters. The number of nitrogens with zero attached hydrogens (tertiary/aromatic N) is 1. The third-order valence-corrected chi connectivity index (χ3v) is 6.05. The molecule has 5 N–H and O–H groups in total. The maximum absolute atomic E-state index is 14.7. The Morgan fingerprint density at radius 3 is 2.75 bits per heavy atom. The van der Waals surface area contributed by atoms with E-state index in [1.807, 2.05) is 0 Å².